The molecular weight excluding hydrogens is 474 g/mol. The van der Waals surface area contributed by atoms with Crippen LogP contribution in [0.15, 0.2) is 42.5 Å². The Morgan fingerprint density at radius 2 is 1.74 bits per heavy atom. The molecule has 0 unspecified atom stereocenters. The van der Waals surface area contributed by atoms with E-state index in [2.05, 4.69) is 5.32 Å². The molecule has 0 heterocycles. The Morgan fingerprint density at radius 3 is 2.29 bits per heavy atom. The number of benzene rings is 2. The van der Waals surface area contributed by atoms with Crippen molar-refractivity contribution in [3.05, 3.63) is 64.2 Å². The van der Waals surface area contributed by atoms with Crippen molar-refractivity contribution >= 4 is 39.1 Å². The van der Waals surface area contributed by atoms with Gasteiger partial charge in [0.05, 0.1) is 11.9 Å². The predicted molar refractivity (Wildman–Crippen MR) is 137 cm³/mol. The Hall–Kier alpha value is -2.58. The number of aryl methyl sites for hydroxylation is 2. The average Bonchev–Trinajstić information content (AvgIpc) is 2.73. The number of hydrogen-bond acceptors (Lipinski definition) is 4. The first-order chi connectivity index (χ1) is 15.8. The van der Waals surface area contributed by atoms with Crippen LogP contribution in [0.25, 0.3) is 0 Å². The van der Waals surface area contributed by atoms with E-state index >= 15 is 0 Å². The van der Waals surface area contributed by atoms with Gasteiger partial charge >= 0.3 is 0 Å². The summed E-state index contributed by atoms with van der Waals surface area (Å²) in [4.78, 5) is 28.1. The second-order valence-electron chi connectivity index (χ2n) is 8.76. The summed E-state index contributed by atoms with van der Waals surface area (Å²) in [5, 5.41) is 3.33. The van der Waals surface area contributed by atoms with Crippen LogP contribution in [-0.4, -0.2) is 50.0 Å². The maximum atomic E-state index is 13.7. The molecule has 0 fully saturated rings. The second-order valence-corrected chi connectivity index (χ2v) is 11.1. The summed E-state index contributed by atoms with van der Waals surface area (Å²) in [7, 11) is -3.78. The van der Waals surface area contributed by atoms with Crippen molar-refractivity contribution in [3.63, 3.8) is 0 Å². The van der Waals surface area contributed by atoms with Gasteiger partial charge in [-0.05, 0) is 62.9 Å². The number of nitrogens with zero attached hydrogens (tertiary/aromatic N) is 2. The summed E-state index contributed by atoms with van der Waals surface area (Å²) in [5.74, 6) is -0.785. The first-order valence-corrected chi connectivity index (χ1v) is 13.5. The van der Waals surface area contributed by atoms with Gasteiger partial charge in [0, 0.05) is 17.6 Å². The average molecular weight is 508 g/mol. The van der Waals surface area contributed by atoms with E-state index in [1.54, 1.807) is 37.3 Å². The minimum Gasteiger partial charge on any atom is -0.352 e. The summed E-state index contributed by atoms with van der Waals surface area (Å²) in [6.07, 6.45) is 1.43. The van der Waals surface area contributed by atoms with Crippen molar-refractivity contribution in [3.8, 4) is 0 Å². The molecular formula is C25H34ClN3O4S. The lowest BCUT2D eigenvalue weighted by molar-refractivity contribution is -0.140. The summed E-state index contributed by atoms with van der Waals surface area (Å²) in [6, 6.07) is 11.6. The van der Waals surface area contributed by atoms with E-state index in [1.807, 2.05) is 39.8 Å². The van der Waals surface area contributed by atoms with Crippen LogP contribution in [0.5, 0.6) is 0 Å². The zero-order chi connectivity index (χ0) is 25.6. The third-order valence-electron chi connectivity index (χ3n) is 5.43. The van der Waals surface area contributed by atoms with E-state index in [9.17, 15) is 18.0 Å². The molecule has 7 nitrogen and oxygen atoms in total. The molecule has 9 heteroatoms. The zero-order valence-electron chi connectivity index (χ0n) is 20.6. The Balaban J connectivity index is 2.50. The Labute approximate surface area is 208 Å². The molecule has 34 heavy (non-hydrogen) atoms. The fourth-order valence-electron chi connectivity index (χ4n) is 3.69. The number of anilines is 1. The van der Waals surface area contributed by atoms with Crippen LogP contribution < -0.4 is 9.62 Å². The first kappa shape index (κ1) is 27.7. The van der Waals surface area contributed by atoms with Crippen molar-refractivity contribution in [1.82, 2.24) is 10.2 Å². The van der Waals surface area contributed by atoms with E-state index in [-0.39, 0.29) is 18.5 Å². The van der Waals surface area contributed by atoms with Crippen LogP contribution in [0.4, 0.5) is 5.69 Å². The quantitative estimate of drug-likeness (QED) is 0.525. The standard InChI is InChI=1S/C25H34ClN3O4S/c1-7-22(25(31)27-17(2)3)28(15-20-10-8-9-11-21(20)26)24(30)16-29(34(6,32)33)23-14-18(4)12-13-19(23)5/h8-14,17,22H,7,15-16H2,1-6H3,(H,27,31)/t22-/m0/s1. The van der Waals surface area contributed by atoms with Gasteiger partial charge in [-0.3, -0.25) is 13.9 Å². The SMILES string of the molecule is CC[C@@H](C(=O)NC(C)C)N(Cc1ccccc1Cl)C(=O)CN(c1cc(C)ccc1C)S(C)(=O)=O. The highest BCUT2D eigenvalue weighted by atomic mass is 35.5. The van der Waals surface area contributed by atoms with Gasteiger partial charge in [-0.2, -0.15) is 0 Å². The molecule has 0 saturated heterocycles. The Morgan fingerprint density at radius 1 is 1.09 bits per heavy atom. The van der Waals surface area contributed by atoms with Gasteiger partial charge in [0.1, 0.15) is 12.6 Å². The normalized spacial score (nSPS) is 12.4. The Bertz CT molecular complexity index is 1130. The number of halogens is 1. The van der Waals surface area contributed by atoms with Crippen molar-refractivity contribution in [2.75, 3.05) is 17.1 Å². The molecule has 2 aromatic rings. The lowest BCUT2D eigenvalue weighted by Crippen LogP contribution is -2.53. The molecule has 2 amide bonds. The van der Waals surface area contributed by atoms with Gasteiger partial charge in [-0.25, -0.2) is 8.42 Å². The fourth-order valence-corrected chi connectivity index (χ4v) is 4.79. The third kappa shape index (κ3) is 7.21. The summed E-state index contributed by atoms with van der Waals surface area (Å²) >= 11 is 6.35. The maximum Gasteiger partial charge on any atom is 0.244 e. The molecule has 1 N–H and O–H groups in total. The van der Waals surface area contributed by atoms with Gasteiger partial charge in [0.15, 0.2) is 0 Å². The number of carbonyl (C=O) groups is 2. The van der Waals surface area contributed by atoms with E-state index in [1.165, 1.54) is 4.90 Å². The van der Waals surface area contributed by atoms with Gasteiger partial charge in [-0.1, -0.05) is 48.9 Å². The van der Waals surface area contributed by atoms with Crippen LogP contribution >= 0.6 is 11.6 Å². The highest BCUT2D eigenvalue weighted by molar-refractivity contribution is 7.92. The minimum atomic E-state index is -3.78. The van der Waals surface area contributed by atoms with Crippen LogP contribution in [0.3, 0.4) is 0 Å². The molecule has 0 bridgehead atoms. The molecule has 0 aliphatic heterocycles. The molecule has 2 rings (SSSR count). The first-order valence-electron chi connectivity index (χ1n) is 11.2. The number of rotatable bonds is 10. The zero-order valence-corrected chi connectivity index (χ0v) is 22.2. The number of amides is 2. The molecule has 186 valence electrons. The van der Waals surface area contributed by atoms with Crippen molar-refractivity contribution < 1.29 is 18.0 Å². The van der Waals surface area contributed by atoms with Crippen LogP contribution in [0.2, 0.25) is 5.02 Å². The minimum absolute atomic E-state index is 0.0763. The van der Waals surface area contributed by atoms with Crippen molar-refractivity contribution in [1.29, 1.82) is 0 Å². The van der Waals surface area contributed by atoms with E-state index in [0.717, 1.165) is 21.7 Å². The lowest BCUT2D eigenvalue weighted by Gasteiger charge is -2.33. The Kier molecular flexibility index (Phi) is 9.53. The fraction of sp³-hybridized carbons (Fsp3) is 0.440. The number of nitrogens with one attached hydrogen (secondary N) is 1. The maximum absolute atomic E-state index is 13.7. The van der Waals surface area contributed by atoms with Crippen LogP contribution in [-0.2, 0) is 26.2 Å². The second kappa shape index (κ2) is 11.7. The van der Waals surface area contributed by atoms with E-state index in [0.29, 0.717) is 22.7 Å². The number of carbonyl (C=O) groups excluding carboxylic acids is 2. The molecule has 1 atom stereocenters. The smallest absolute Gasteiger partial charge is 0.244 e. The molecule has 2 aromatic carbocycles. The third-order valence-corrected chi connectivity index (χ3v) is 6.92. The van der Waals surface area contributed by atoms with Gasteiger partial charge in [0.25, 0.3) is 0 Å². The van der Waals surface area contributed by atoms with Crippen molar-refractivity contribution in [2.24, 2.45) is 0 Å². The summed E-state index contributed by atoms with van der Waals surface area (Å²) < 4.78 is 26.6. The van der Waals surface area contributed by atoms with Crippen LogP contribution in [0, 0.1) is 13.8 Å². The molecule has 0 spiro atoms. The highest BCUT2D eigenvalue weighted by Crippen LogP contribution is 2.25. The van der Waals surface area contributed by atoms with Crippen LogP contribution in [0.1, 0.15) is 43.9 Å². The van der Waals surface area contributed by atoms with Crippen molar-refractivity contribution in [2.45, 2.75) is 59.7 Å². The molecule has 0 saturated carbocycles. The largest absolute Gasteiger partial charge is 0.352 e. The molecule has 0 radical (unpaired) electrons. The van der Waals surface area contributed by atoms with Gasteiger partial charge in [-0.15, -0.1) is 0 Å². The number of hydrogen-bond donors (Lipinski definition) is 1. The summed E-state index contributed by atoms with van der Waals surface area (Å²) in [6.45, 7) is 8.80. The summed E-state index contributed by atoms with van der Waals surface area (Å²) in [5.41, 5.74) is 2.71. The van der Waals surface area contributed by atoms with Gasteiger partial charge in [0.2, 0.25) is 21.8 Å². The highest BCUT2D eigenvalue weighted by Gasteiger charge is 2.32. The number of sulfonamides is 1. The molecule has 0 aliphatic rings. The van der Waals surface area contributed by atoms with E-state index in [4.69, 9.17) is 11.6 Å². The molecule has 0 aromatic heterocycles. The van der Waals surface area contributed by atoms with Gasteiger partial charge < -0.3 is 10.2 Å². The monoisotopic (exact) mass is 507 g/mol. The predicted octanol–water partition coefficient (Wildman–Crippen LogP) is 4.05. The lowest BCUT2D eigenvalue weighted by atomic mass is 10.1. The molecule has 0 aliphatic carbocycles. The topological polar surface area (TPSA) is 86.8 Å². The van der Waals surface area contributed by atoms with E-state index < -0.39 is 28.5 Å².